The number of imidazole rings is 1. The zero-order valence-electron chi connectivity index (χ0n) is 17.3. The number of amides is 1. The van der Waals surface area contributed by atoms with E-state index < -0.39 is 0 Å². The van der Waals surface area contributed by atoms with E-state index in [9.17, 15) is 4.79 Å². The highest BCUT2D eigenvalue weighted by Crippen LogP contribution is 2.26. The van der Waals surface area contributed by atoms with Crippen molar-refractivity contribution in [1.29, 1.82) is 0 Å². The topological polar surface area (TPSA) is 46.9 Å². The van der Waals surface area contributed by atoms with Crippen LogP contribution in [-0.2, 0) is 6.54 Å². The maximum atomic E-state index is 13.1. The molecule has 0 unspecified atom stereocenters. The molecule has 0 radical (unpaired) electrons. The van der Waals surface area contributed by atoms with Crippen molar-refractivity contribution in [2.75, 3.05) is 12.0 Å². The van der Waals surface area contributed by atoms with Crippen molar-refractivity contribution >= 4 is 40.3 Å². The molecule has 1 heterocycles. The average Bonchev–Trinajstić information content (AvgIpc) is 3.16. The van der Waals surface area contributed by atoms with Crippen LogP contribution in [0.5, 0.6) is 0 Å². The van der Waals surface area contributed by atoms with E-state index >= 15 is 0 Å². The average molecular weight is 450 g/mol. The second-order valence-electron chi connectivity index (χ2n) is 7.32. The van der Waals surface area contributed by atoms with Gasteiger partial charge in [-0.05, 0) is 48.3 Å². The number of hydrogen-bond donors (Lipinski definition) is 1. The van der Waals surface area contributed by atoms with Gasteiger partial charge in [0.25, 0.3) is 5.91 Å². The van der Waals surface area contributed by atoms with E-state index in [1.807, 2.05) is 48.5 Å². The molecular formula is C25H24ClN3OS. The molecule has 0 aliphatic carbocycles. The van der Waals surface area contributed by atoms with Crippen molar-refractivity contribution in [1.82, 2.24) is 14.9 Å². The van der Waals surface area contributed by atoms with Gasteiger partial charge in [-0.25, -0.2) is 4.98 Å². The molecule has 31 heavy (non-hydrogen) atoms. The van der Waals surface area contributed by atoms with Crippen molar-refractivity contribution in [2.24, 2.45) is 0 Å². The summed E-state index contributed by atoms with van der Waals surface area (Å²) < 4.78 is 2.21. The van der Waals surface area contributed by atoms with Crippen LogP contribution in [0.3, 0.4) is 0 Å². The lowest BCUT2D eigenvalue weighted by Gasteiger charge is -2.20. The fourth-order valence-corrected chi connectivity index (χ4v) is 4.37. The van der Waals surface area contributed by atoms with Gasteiger partial charge in [0, 0.05) is 6.54 Å². The highest BCUT2D eigenvalue weighted by atomic mass is 35.5. The van der Waals surface area contributed by atoms with Gasteiger partial charge in [-0.15, -0.1) is 0 Å². The van der Waals surface area contributed by atoms with E-state index in [-0.39, 0.29) is 11.9 Å². The van der Waals surface area contributed by atoms with Gasteiger partial charge < -0.3 is 9.88 Å². The summed E-state index contributed by atoms with van der Waals surface area (Å²) in [6.45, 7) is 0.689. The summed E-state index contributed by atoms with van der Waals surface area (Å²) in [5, 5.41) is 3.64. The van der Waals surface area contributed by atoms with Gasteiger partial charge in [-0.1, -0.05) is 66.2 Å². The van der Waals surface area contributed by atoms with Gasteiger partial charge in [0.1, 0.15) is 5.82 Å². The van der Waals surface area contributed by atoms with E-state index in [4.69, 9.17) is 16.6 Å². The summed E-state index contributed by atoms with van der Waals surface area (Å²) in [7, 11) is 0. The van der Waals surface area contributed by atoms with Gasteiger partial charge in [-0.2, -0.15) is 11.8 Å². The third kappa shape index (κ3) is 4.94. The molecule has 6 heteroatoms. The lowest BCUT2D eigenvalue weighted by Crippen LogP contribution is -2.31. The van der Waals surface area contributed by atoms with Crippen LogP contribution in [-0.4, -0.2) is 27.5 Å². The van der Waals surface area contributed by atoms with E-state index in [2.05, 4.69) is 34.3 Å². The second kappa shape index (κ2) is 10.0. The van der Waals surface area contributed by atoms with E-state index in [0.29, 0.717) is 17.1 Å². The molecule has 1 atom stereocenters. The molecule has 0 aliphatic heterocycles. The lowest BCUT2D eigenvalue weighted by molar-refractivity contribution is 0.0933. The minimum Gasteiger partial charge on any atom is -0.342 e. The largest absolute Gasteiger partial charge is 0.342 e. The van der Waals surface area contributed by atoms with E-state index in [1.54, 1.807) is 23.9 Å². The highest BCUT2D eigenvalue weighted by Gasteiger charge is 2.23. The number of hydrogen-bond acceptors (Lipinski definition) is 3. The number of para-hydroxylation sites is 2. The van der Waals surface area contributed by atoms with Gasteiger partial charge >= 0.3 is 0 Å². The standard InChI is InChI=1S/C25H24ClN3OS/c1-31-16-15-22(28-25(30)19-11-5-6-12-20(19)26)24-27-21-13-7-8-14-23(21)29(24)17-18-9-3-2-4-10-18/h2-14,22H,15-17H2,1H3,(H,28,30)/t22-/m0/s1. The Morgan fingerprint density at radius 2 is 1.74 bits per heavy atom. The highest BCUT2D eigenvalue weighted by molar-refractivity contribution is 7.98. The number of thioether (sulfide) groups is 1. The van der Waals surface area contributed by atoms with Crippen LogP contribution in [0.4, 0.5) is 0 Å². The number of nitrogens with one attached hydrogen (secondary N) is 1. The van der Waals surface area contributed by atoms with Crippen LogP contribution in [0.2, 0.25) is 5.02 Å². The third-order valence-electron chi connectivity index (χ3n) is 5.21. The summed E-state index contributed by atoms with van der Waals surface area (Å²) >= 11 is 8.02. The molecular weight excluding hydrogens is 426 g/mol. The van der Waals surface area contributed by atoms with Crippen molar-refractivity contribution in [3.8, 4) is 0 Å². The Hall–Kier alpha value is -2.76. The van der Waals surface area contributed by atoms with Gasteiger partial charge in [0.2, 0.25) is 0 Å². The van der Waals surface area contributed by atoms with E-state index in [0.717, 1.165) is 29.0 Å². The van der Waals surface area contributed by atoms with E-state index in [1.165, 1.54) is 5.56 Å². The summed E-state index contributed by atoms with van der Waals surface area (Å²) in [4.78, 5) is 18.0. The Morgan fingerprint density at radius 3 is 2.52 bits per heavy atom. The van der Waals surface area contributed by atoms with Crippen LogP contribution in [0, 0.1) is 0 Å². The van der Waals surface area contributed by atoms with Gasteiger partial charge in [-0.3, -0.25) is 4.79 Å². The van der Waals surface area contributed by atoms with Crippen LogP contribution < -0.4 is 5.32 Å². The van der Waals surface area contributed by atoms with Gasteiger partial charge in [0.15, 0.2) is 0 Å². The summed E-state index contributed by atoms with van der Waals surface area (Å²) in [6.07, 6.45) is 2.84. The molecule has 0 bridgehead atoms. The van der Waals surface area contributed by atoms with Crippen LogP contribution in [0.15, 0.2) is 78.9 Å². The molecule has 1 N–H and O–H groups in total. The summed E-state index contributed by atoms with van der Waals surface area (Å²) in [5.41, 5.74) is 3.65. The minimum absolute atomic E-state index is 0.185. The number of nitrogens with zero attached hydrogens (tertiary/aromatic N) is 2. The number of halogens is 1. The molecule has 1 amide bonds. The predicted octanol–water partition coefficient (Wildman–Crippen LogP) is 5.96. The maximum absolute atomic E-state index is 13.1. The fraction of sp³-hybridized carbons (Fsp3) is 0.200. The summed E-state index contributed by atoms with van der Waals surface area (Å²) in [6, 6.07) is 25.3. The predicted molar refractivity (Wildman–Crippen MR) is 130 cm³/mol. The SMILES string of the molecule is CSCC[C@H](NC(=O)c1ccccc1Cl)c1nc2ccccc2n1Cc1ccccc1. The number of benzene rings is 3. The minimum atomic E-state index is -0.229. The zero-order valence-corrected chi connectivity index (χ0v) is 18.9. The number of aromatic nitrogens is 2. The smallest absolute Gasteiger partial charge is 0.253 e. The molecule has 0 aliphatic rings. The van der Waals surface area contributed by atoms with Crippen molar-refractivity contribution in [2.45, 2.75) is 19.0 Å². The van der Waals surface area contributed by atoms with Crippen LogP contribution >= 0.6 is 23.4 Å². The molecule has 158 valence electrons. The molecule has 0 spiro atoms. The quantitative estimate of drug-likeness (QED) is 0.361. The number of carbonyl (C=O) groups excluding carboxylic acids is 1. The fourth-order valence-electron chi connectivity index (χ4n) is 3.68. The first kappa shape index (κ1) is 21.5. The van der Waals surface area contributed by atoms with Crippen LogP contribution in [0.1, 0.15) is 34.2 Å². The molecule has 0 saturated heterocycles. The van der Waals surface area contributed by atoms with Crippen molar-refractivity contribution in [3.63, 3.8) is 0 Å². The van der Waals surface area contributed by atoms with Crippen LogP contribution in [0.25, 0.3) is 11.0 Å². The molecule has 3 aromatic carbocycles. The normalized spacial score (nSPS) is 12.1. The summed E-state index contributed by atoms with van der Waals surface area (Å²) in [5.74, 6) is 1.58. The first-order valence-corrected chi connectivity index (χ1v) is 12.0. The Kier molecular flexibility index (Phi) is 6.95. The molecule has 0 fully saturated rings. The first-order chi connectivity index (χ1) is 15.2. The molecule has 4 rings (SSSR count). The zero-order chi connectivity index (χ0) is 21.6. The number of rotatable bonds is 8. The molecule has 0 saturated carbocycles. The monoisotopic (exact) mass is 449 g/mol. The molecule has 1 aromatic heterocycles. The lowest BCUT2D eigenvalue weighted by atomic mass is 10.1. The van der Waals surface area contributed by atoms with Crippen molar-refractivity contribution < 1.29 is 4.79 Å². The Morgan fingerprint density at radius 1 is 1.03 bits per heavy atom. The number of fused-ring (bicyclic) bond motifs is 1. The Bertz CT molecular complexity index is 1180. The first-order valence-electron chi connectivity index (χ1n) is 10.2. The molecule has 4 nitrogen and oxygen atoms in total. The van der Waals surface area contributed by atoms with Gasteiger partial charge in [0.05, 0.1) is 27.7 Å². The number of carbonyl (C=O) groups is 1. The Labute approximate surface area is 191 Å². The van der Waals surface area contributed by atoms with Crippen molar-refractivity contribution in [3.05, 3.63) is 101 Å². The third-order valence-corrected chi connectivity index (χ3v) is 6.19. The molecule has 4 aromatic rings. The second-order valence-corrected chi connectivity index (χ2v) is 8.71. The Balaban J connectivity index is 1.74. The maximum Gasteiger partial charge on any atom is 0.253 e.